The maximum absolute atomic E-state index is 13.0. The zero-order valence-electron chi connectivity index (χ0n) is 53.6. The number of hydrogen-bond donors (Lipinski definition) is 7. The summed E-state index contributed by atoms with van der Waals surface area (Å²) in [7, 11) is 0. The average Bonchev–Trinajstić information content (AvgIpc) is 0.736. The number of aromatic hydroxyl groups is 3. The highest BCUT2D eigenvalue weighted by Gasteiger charge is 2.60. The van der Waals surface area contributed by atoms with Crippen molar-refractivity contribution in [3.8, 4) is 40.2 Å². The fraction of sp³-hybridized carbons (Fsp3) is 0.520. The van der Waals surface area contributed by atoms with Crippen LogP contribution in [0.15, 0.2) is 115 Å². The Morgan fingerprint density at radius 1 is 0.349 bits per heavy atom. The molecule has 11 heteroatoms. The first-order valence-electron chi connectivity index (χ1n) is 33.1. The van der Waals surface area contributed by atoms with Crippen LogP contribution in [0.2, 0.25) is 0 Å². The molecule has 7 rings (SSSR count). The molecule has 1 heterocycles. The molecule has 1 saturated heterocycles. The molecule has 6 aromatic rings. The van der Waals surface area contributed by atoms with Crippen LogP contribution in [0.1, 0.15) is 231 Å². The molecule has 1 aliphatic rings. The molecule has 6 aromatic carbocycles. The van der Waals surface area contributed by atoms with Crippen molar-refractivity contribution in [2.45, 2.75) is 226 Å². The van der Waals surface area contributed by atoms with Crippen molar-refractivity contribution in [3.05, 3.63) is 171 Å². The van der Waals surface area contributed by atoms with Crippen LogP contribution in [0, 0.1) is 27.7 Å². The van der Waals surface area contributed by atoms with E-state index in [0.29, 0.717) is 71.5 Å². The molecule has 0 saturated carbocycles. The minimum Gasteiger partial charge on any atom is -0.507 e. The van der Waals surface area contributed by atoms with Gasteiger partial charge in [0, 0.05) is 34.9 Å². The first-order chi connectivity index (χ1) is 41.7. The number of aryl methyl sites for hydroxylation is 4. The number of rotatable bonds is 38. The van der Waals surface area contributed by atoms with Crippen molar-refractivity contribution < 1.29 is 39.4 Å². The van der Waals surface area contributed by atoms with E-state index < -0.39 is 23.1 Å². The van der Waals surface area contributed by atoms with Crippen molar-refractivity contribution in [2.24, 2.45) is 0 Å². The Kier molecular flexibility index (Phi) is 26.4. The zero-order chi connectivity index (χ0) is 61.4. The predicted octanol–water partition coefficient (Wildman–Crippen LogP) is 17.8. The molecule has 1 fully saturated rings. The third-order valence-corrected chi connectivity index (χ3v) is 17.2. The van der Waals surface area contributed by atoms with Crippen LogP contribution in [-0.4, -0.2) is 53.0 Å². The fourth-order valence-corrected chi connectivity index (χ4v) is 12.5. The third-order valence-electron chi connectivity index (χ3n) is 17.2. The monoisotopic (exact) mass is 1180 g/mol. The van der Waals surface area contributed by atoms with Crippen LogP contribution in [-0.2, 0) is 17.0 Å². The Labute approximate surface area is 516 Å². The molecule has 0 aromatic heterocycles. The standard InChI is InChI=1S/C75H105N3O8/c1-9-13-17-21-24-28-46-83-62-38-43-67(70(80)51-62)73(59-34-36-61(37-35-59)86-54-60(79)31-27-20-16-12-4)76-74(65-41-32-55(5)49-57(65)7,68-44-39-63(52-71(68)81)84-47-29-25-22-18-14-10-2)78-75(77-73,66-42-33-56(6)50-58(66)8)69-45-40-64(53-72(69)82)85-48-30-26-23-19-15-11-3/h32-45,49-53,60,76-82H,9-31,46-48,54H2,1-8H3. The van der Waals surface area contributed by atoms with E-state index in [4.69, 9.17) is 18.9 Å². The number of phenols is 3. The third kappa shape index (κ3) is 17.7. The van der Waals surface area contributed by atoms with Crippen LogP contribution in [0.4, 0.5) is 0 Å². The van der Waals surface area contributed by atoms with Crippen molar-refractivity contribution in [3.63, 3.8) is 0 Å². The lowest BCUT2D eigenvalue weighted by molar-refractivity contribution is 0.0382. The van der Waals surface area contributed by atoms with Gasteiger partial charge in [0.15, 0.2) is 0 Å². The summed E-state index contributed by atoms with van der Waals surface area (Å²) in [5, 5.41) is 62.7. The molecule has 11 nitrogen and oxygen atoms in total. The van der Waals surface area contributed by atoms with Gasteiger partial charge in [-0.2, -0.15) is 0 Å². The summed E-state index contributed by atoms with van der Waals surface area (Å²) in [5.74, 6) is 2.08. The maximum atomic E-state index is 13.0. The molecule has 0 radical (unpaired) electrons. The summed E-state index contributed by atoms with van der Waals surface area (Å²) in [5.41, 5.74) is 2.76. The van der Waals surface area contributed by atoms with Crippen LogP contribution in [0.3, 0.4) is 0 Å². The molecule has 0 bridgehead atoms. The SMILES string of the molecule is CCCCCCCCOc1ccc(C2(c3ccc(OCC(O)CCCCCC)cc3)NC(c3ccc(C)cc3C)(c3ccc(OCCCCCCCC)cc3O)NC(c3ccc(C)cc3C)(c3ccc(OCCCCCCCC)cc3O)N2)c(O)c1. The number of ether oxygens (including phenoxy) is 4. The summed E-state index contributed by atoms with van der Waals surface area (Å²) >= 11 is 0. The molecule has 86 heavy (non-hydrogen) atoms. The van der Waals surface area contributed by atoms with E-state index >= 15 is 0 Å². The van der Waals surface area contributed by atoms with Gasteiger partial charge in [-0.05, 0) is 130 Å². The first-order valence-corrected chi connectivity index (χ1v) is 33.1. The van der Waals surface area contributed by atoms with E-state index in [0.717, 1.165) is 117 Å². The summed E-state index contributed by atoms with van der Waals surface area (Å²) in [6.45, 7) is 18.8. The molecule has 0 aliphatic carbocycles. The summed E-state index contributed by atoms with van der Waals surface area (Å²) < 4.78 is 25.6. The maximum Gasteiger partial charge on any atom is 0.129 e. The molecule has 1 aliphatic heterocycles. The molecule has 3 atom stereocenters. The van der Waals surface area contributed by atoms with E-state index in [1.807, 2.05) is 60.7 Å². The normalized spacial score (nSPS) is 18.0. The topological polar surface area (TPSA) is 154 Å². The zero-order valence-corrected chi connectivity index (χ0v) is 53.6. The van der Waals surface area contributed by atoms with E-state index in [-0.39, 0.29) is 23.9 Å². The molecule has 3 unspecified atom stereocenters. The molecule has 468 valence electrons. The summed E-state index contributed by atoms with van der Waals surface area (Å²) in [4.78, 5) is 0. The van der Waals surface area contributed by atoms with Gasteiger partial charge in [-0.3, -0.25) is 16.0 Å². The van der Waals surface area contributed by atoms with Crippen molar-refractivity contribution in [1.29, 1.82) is 0 Å². The second-order valence-corrected chi connectivity index (χ2v) is 24.5. The number of aliphatic hydroxyl groups excluding tert-OH is 1. The van der Waals surface area contributed by atoms with E-state index in [1.54, 1.807) is 18.2 Å². The average molecular weight is 1180 g/mol. The summed E-state index contributed by atoms with van der Waals surface area (Å²) in [6.07, 6.45) is 24.5. The van der Waals surface area contributed by atoms with Gasteiger partial charge in [0.05, 0.1) is 25.9 Å². The highest BCUT2D eigenvalue weighted by molar-refractivity contribution is 5.61. The van der Waals surface area contributed by atoms with E-state index in [1.165, 1.54) is 57.8 Å². The van der Waals surface area contributed by atoms with Crippen molar-refractivity contribution in [1.82, 2.24) is 16.0 Å². The number of aliphatic hydroxyl groups is 1. The number of unbranched alkanes of at least 4 members (excludes halogenated alkanes) is 18. The molecular formula is C75H105N3O8. The molecule has 0 amide bonds. The Hall–Kier alpha value is -6.24. The van der Waals surface area contributed by atoms with E-state index in [9.17, 15) is 20.4 Å². The Morgan fingerprint density at radius 2 is 0.674 bits per heavy atom. The lowest BCUT2D eigenvalue weighted by Gasteiger charge is -2.60. The van der Waals surface area contributed by atoms with Gasteiger partial charge in [0.1, 0.15) is 63.8 Å². The number of nitrogens with one attached hydrogen (secondary N) is 3. The van der Waals surface area contributed by atoms with Crippen LogP contribution in [0.25, 0.3) is 0 Å². The number of benzene rings is 6. The smallest absolute Gasteiger partial charge is 0.129 e. The lowest BCUT2D eigenvalue weighted by atomic mass is 9.74. The second kappa shape index (κ2) is 33.8. The number of hydrogen-bond acceptors (Lipinski definition) is 11. The van der Waals surface area contributed by atoms with Crippen molar-refractivity contribution >= 4 is 0 Å². The van der Waals surface area contributed by atoms with Gasteiger partial charge in [0.2, 0.25) is 0 Å². The van der Waals surface area contributed by atoms with Crippen LogP contribution >= 0.6 is 0 Å². The van der Waals surface area contributed by atoms with Gasteiger partial charge in [-0.25, -0.2) is 0 Å². The van der Waals surface area contributed by atoms with Crippen LogP contribution < -0.4 is 34.9 Å². The van der Waals surface area contributed by atoms with E-state index in [2.05, 4.69) is 108 Å². The quantitative estimate of drug-likeness (QED) is 0.0185. The lowest BCUT2D eigenvalue weighted by Crippen LogP contribution is -2.81. The Bertz CT molecular complexity index is 2870. The minimum atomic E-state index is -1.63. The summed E-state index contributed by atoms with van der Waals surface area (Å²) in [6, 6.07) is 37.0. The van der Waals surface area contributed by atoms with Gasteiger partial charge in [-0.1, -0.05) is 209 Å². The van der Waals surface area contributed by atoms with Crippen LogP contribution in [0.5, 0.6) is 40.2 Å². The Morgan fingerprint density at radius 3 is 1.05 bits per heavy atom. The van der Waals surface area contributed by atoms with Gasteiger partial charge >= 0.3 is 0 Å². The van der Waals surface area contributed by atoms with Gasteiger partial charge in [-0.15, -0.1) is 0 Å². The minimum absolute atomic E-state index is 0.0296. The van der Waals surface area contributed by atoms with Gasteiger partial charge in [0.25, 0.3) is 0 Å². The van der Waals surface area contributed by atoms with Gasteiger partial charge < -0.3 is 39.4 Å². The molecule has 7 N–H and O–H groups in total. The second-order valence-electron chi connectivity index (χ2n) is 24.5. The molecular weight excluding hydrogens is 1070 g/mol. The molecule has 0 spiro atoms. The Balaban J connectivity index is 1.48. The largest absolute Gasteiger partial charge is 0.507 e. The number of phenolic OH excluding ortho intramolecular Hbond substituents is 3. The van der Waals surface area contributed by atoms with Crippen molar-refractivity contribution in [2.75, 3.05) is 26.4 Å². The fourth-order valence-electron chi connectivity index (χ4n) is 12.5. The highest BCUT2D eigenvalue weighted by atomic mass is 16.5. The first kappa shape index (κ1) is 67.3. The highest BCUT2D eigenvalue weighted by Crippen LogP contribution is 2.52. The predicted molar refractivity (Wildman–Crippen MR) is 351 cm³/mol.